The SMILES string of the molecule is CNC(=O)c1cccc(-c2ccn3nc(-c4cc(F)cc(F)c4)cc3c2)c1. The summed E-state index contributed by atoms with van der Waals surface area (Å²) in [7, 11) is 1.59. The minimum atomic E-state index is -0.645. The fourth-order valence-electron chi connectivity index (χ4n) is 3.00. The molecular formula is C21H15F2N3O. The smallest absolute Gasteiger partial charge is 0.251 e. The van der Waals surface area contributed by atoms with E-state index in [0.29, 0.717) is 16.8 Å². The maximum Gasteiger partial charge on any atom is 0.251 e. The lowest BCUT2D eigenvalue weighted by Gasteiger charge is -2.05. The zero-order valence-corrected chi connectivity index (χ0v) is 14.4. The van der Waals surface area contributed by atoms with E-state index in [0.717, 1.165) is 22.7 Å². The molecule has 0 radical (unpaired) electrons. The molecule has 27 heavy (non-hydrogen) atoms. The summed E-state index contributed by atoms with van der Waals surface area (Å²) in [5.74, 6) is -1.44. The van der Waals surface area contributed by atoms with E-state index in [1.54, 1.807) is 29.9 Å². The molecule has 4 nitrogen and oxygen atoms in total. The molecule has 0 fully saturated rings. The van der Waals surface area contributed by atoms with Gasteiger partial charge in [0.05, 0.1) is 11.2 Å². The van der Waals surface area contributed by atoms with Crippen LogP contribution in [0.25, 0.3) is 27.9 Å². The van der Waals surface area contributed by atoms with Gasteiger partial charge in [-0.25, -0.2) is 13.3 Å². The number of amides is 1. The van der Waals surface area contributed by atoms with Gasteiger partial charge >= 0.3 is 0 Å². The van der Waals surface area contributed by atoms with Gasteiger partial charge < -0.3 is 5.32 Å². The Bertz CT molecular complexity index is 1150. The quantitative estimate of drug-likeness (QED) is 0.590. The molecule has 2 aromatic heterocycles. The number of rotatable bonds is 3. The number of halogens is 2. The van der Waals surface area contributed by atoms with E-state index in [-0.39, 0.29) is 5.91 Å². The van der Waals surface area contributed by atoms with Gasteiger partial charge in [0, 0.05) is 30.4 Å². The van der Waals surface area contributed by atoms with E-state index in [2.05, 4.69) is 10.4 Å². The third-order valence-electron chi connectivity index (χ3n) is 4.31. The summed E-state index contributed by atoms with van der Waals surface area (Å²) in [4.78, 5) is 11.8. The second kappa shape index (κ2) is 6.64. The molecule has 4 rings (SSSR count). The first-order valence-corrected chi connectivity index (χ1v) is 8.32. The number of carbonyl (C=O) groups excluding carboxylic acids is 1. The van der Waals surface area contributed by atoms with E-state index in [1.165, 1.54) is 12.1 Å². The third kappa shape index (κ3) is 3.29. The van der Waals surface area contributed by atoms with Crippen molar-refractivity contribution in [1.29, 1.82) is 0 Å². The third-order valence-corrected chi connectivity index (χ3v) is 4.31. The van der Waals surface area contributed by atoms with Crippen molar-refractivity contribution >= 4 is 11.4 Å². The van der Waals surface area contributed by atoms with Crippen LogP contribution >= 0.6 is 0 Å². The van der Waals surface area contributed by atoms with Crippen LogP contribution in [0.5, 0.6) is 0 Å². The number of hydrogen-bond donors (Lipinski definition) is 1. The molecule has 1 N–H and O–H groups in total. The van der Waals surface area contributed by atoms with Crippen LogP contribution in [0, 0.1) is 11.6 Å². The molecule has 0 aliphatic carbocycles. The number of nitrogens with one attached hydrogen (secondary N) is 1. The van der Waals surface area contributed by atoms with Crippen molar-refractivity contribution < 1.29 is 13.6 Å². The van der Waals surface area contributed by atoms with Crippen molar-refractivity contribution in [3.63, 3.8) is 0 Å². The minimum absolute atomic E-state index is 0.155. The van der Waals surface area contributed by atoms with E-state index < -0.39 is 11.6 Å². The van der Waals surface area contributed by atoms with Crippen LogP contribution in [0.1, 0.15) is 10.4 Å². The molecule has 2 aromatic carbocycles. The van der Waals surface area contributed by atoms with Crippen molar-refractivity contribution in [2.45, 2.75) is 0 Å². The number of pyridine rings is 1. The summed E-state index contributed by atoms with van der Waals surface area (Å²) in [6.45, 7) is 0. The van der Waals surface area contributed by atoms with Crippen LogP contribution < -0.4 is 5.32 Å². The van der Waals surface area contributed by atoms with E-state index in [4.69, 9.17) is 0 Å². The Morgan fingerprint density at radius 2 is 1.67 bits per heavy atom. The van der Waals surface area contributed by atoms with Crippen LogP contribution in [0.2, 0.25) is 0 Å². The Labute approximate surface area is 154 Å². The maximum absolute atomic E-state index is 13.5. The lowest BCUT2D eigenvalue weighted by molar-refractivity contribution is 0.0963. The Morgan fingerprint density at radius 3 is 2.41 bits per heavy atom. The molecule has 0 saturated carbocycles. The molecule has 0 unspecified atom stereocenters. The molecule has 4 aromatic rings. The standard InChI is InChI=1S/C21H15F2N3O/c1-24-21(27)15-4-2-3-13(7-15)14-5-6-26-19(10-14)12-20(25-26)16-8-17(22)11-18(23)9-16/h2-12H,1H3,(H,24,27). The Morgan fingerprint density at radius 1 is 0.926 bits per heavy atom. The average Bonchev–Trinajstić information content (AvgIpc) is 3.10. The van der Waals surface area contributed by atoms with Crippen LogP contribution in [0.3, 0.4) is 0 Å². The highest BCUT2D eigenvalue weighted by Crippen LogP contribution is 2.26. The molecule has 1 amide bonds. The Balaban J connectivity index is 1.76. The number of aromatic nitrogens is 2. The molecule has 2 heterocycles. The molecule has 0 spiro atoms. The lowest BCUT2D eigenvalue weighted by Crippen LogP contribution is -2.17. The fraction of sp³-hybridized carbons (Fsp3) is 0.0476. The molecule has 134 valence electrons. The molecule has 6 heteroatoms. The summed E-state index contributed by atoms with van der Waals surface area (Å²) >= 11 is 0. The first kappa shape index (κ1) is 16.9. The van der Waals surface area contributed by atoms with Gasteiger partial charge in [0.1, 0.15) is 11.6 Å². The highest BCUT2D eigenvalue weighted by atomic mass is 19.1. The van der Waals surface area contributed by atoms with Crippen molar-refractivity contribution in [2.75, 3.05) is 7.05 Å². The van der Waals surface area contributed by atoms with Crippen LogP contribution in [-0.4, -0.2) is 22.6 Å². The largest absolute Gasteiger partial charge is 0.355 e. The molecular weight excluding hydrogens is 348 g/mol. The minimum Gasteiger partial charge on any atom is -0.355 e. The van der Waals surface area contributed by atoms with Crippen LogP contribution in [-0.2, 0) is 0 Å². The van der Waals surface area contributed by atoms with Gasteiger partial charge in [-0.3, -0.25) is 4.79 Å². The topological polar surface area (TPSA) is 46.4 Å². The van der Waals surface area contributed by atoms with Crippen molar-refractivity contribution in [1.82, 2.24) is 14.9 Å². The predicted molar refractivity (Wildman–Crippen MR) is 99.4 cm³/mol. The number of carbonyl (C=O) groups is 1. The molecule has 0 bridgehead atoms. The second-order valence-corrected chi connectivity index (χ2v) is 6.13. The van der Waals surface area contributed by atoms with Gasteiger partial charge in [-0.1, -0.05) is 12.1 Å². The zero-order chi connectivity index (χ0) is 19.0. The monoisotopic (exact) mass is 363 g/mol. The number of nitrogens with zero attached hydrogens (tertiary/aromatic N) is 2. The summed E-state index contributed by atoms with van der Waals surface area (Å²) < 4.78 is 28.6. The number of benzene rings is 2. The highest BCUT2D eigenvalue weighted by molar-refractivity contribution is 5.95. The lowest BCUT2D eigenvalue weighted by atomic mass is 10.0. The van der Waals surface area contributed by atoms with E-state index in [9.17, 15) is 13.6 Å². The van der Waals surface area contributed by atoms with E-state index >= 15 is 0 Å². The van der Waals surface area contributed by atoms with Crippen molar-refractivity contribution in [3.05, 3.63) is 84.1 Å². The zero-order valence-electron chi connectivity index (χ0n) is 14.4. The van der Waals surface area contributed by atoms with Gasteiger partial charge in [-0.2, -0.15) is 5.10 Å². The van der Waals surface area contributed by atoms with Crippen LogP contribution in [0.4, 0.5) is 8.78 Å². The summed E-state index contributed by atoms with van der Waals surface area (Å²) in [5.41, 5.74) is 3.99. The normalized spacial score (nSPS) is 10.9. The second-order valence-electron chi connectivity index (χ2n) is 6.13. The summed E-state index contributed by atoms with van der Waals surface area (Å²) in [6.07, 6.45) is 1.77. The van der Waals surface area contributed by atoms with Gasteiger partial charge in [0.25, 0.3) is 5.91 Å². The van der Waals surface area contributed by atoms with Gasteiger partial charge in [0.15, 0.2) is 0 Å². The van der Waals surface area contributed by atoms with E-state index in [1.807, 2.05) is 30.3 Å². The first-order valence-electron chi connectivity index (χ1n) is 8.32. The Hall–Kier alpha value is -3.54. The first-order chi connectivity index (χ1) is 13.0. The highest BCUT2D eigenvalue weighted by Gasteiger charge is 2.10. The predicted octanol–water partition coefficient (Wildman–Crippen LogP) is 4.31. The summed E-state index contributed by atoms with van der Waals surface area (Å²) in [6, 6.07) is 16.2. The molecule has 0 saturated heterocycles. The molecule has 0 aliphatic rings. The molecule has 0 atom stereocenters. The van der Waals surface area contributed by atoms with Crippen molar-refractivity contribution in [2.24, 2.45) is 0 Å². The number of fused-ring (bicyclic) bond motifs is 1. The average molecular weight is 363 g/mol. The van der Waals surface area contributed by atoms with Gasteiger partial charge in [-0.15, -0.1) is 0 Å². The fourth-order valence-corrected chi connectivity index (χ4v) is 3.00. The van der Waals surface area contributed by atoms with Crippen LogP contribution in [0.15, 0.2) is 66.9 Å². The van der Waals surface area contributed by atoms with Gasteiger partial charge in [-0.05, 0) is 53.6 Å². The maximum atomic E-state index is 13.5. The Kier molecular flexibility index (Phi) is 4.16. The molecule has 0 aliphatic heterocycles. The summed E-state index contributed by atoms with van der Waals surface area (Å²) in [5, 5.41) is 6.98. The van der Waals surface area contributed by atoms with Crippen molar-refractivity contribution in [3.8, 4) is 22.4 Å². The number of hydrogen-bond acceptors (Lipinski definition) is 2. The van der Waals surface area contributed by atoms with Gasteiger partial charge in [0.2, 0.25) is 0 Å².